The number of carbonyl (C=O) groups is 3. The predicted molar refractivity (Wildman–Crippen MR) is 107 cm³/mol. The van der Waals surface area contributed by atoms with Crippen molar-refractivity contribution in [3.63, 3.8) is 0 Å². The summed E-state index contributed by atoms with van der Waals surface area (Å²) < 4.78 is 0. The van der Waals surface area contributed by atoms with Crippen molar-refractivity contribution in [2.45, 2.75) is 69.7 Å². The summed E-state index contributed by atoms with van der Waals surface area (Å²) in [7, 11) is 0. The smallest absolute Gasteiger partial charge is 0.255 e. The number of benzene rings is 1. The second-order valence-corrected chi connectivity index (χ2v) is 8.75. The maximum atomic E-state index is 13.0. The zero-order chi connectivity index (χ0) is 20.0. The Morgan fingerprint density at radius 3 is 2.66 bits per heavy atom. The second kappa shape index (κ2) is 7.54. The van der Waals surface area contributed by atoms with Gasteiger partial charge in [0.15, 0.2) is 0 Å². The minimum absolute atomic E-state index is 0.0892. The maximum absolute atomic E-state index is 13.0. The van der Waals surface area contributed by atoms with Gasteiger partial charge in [-0.25, -0.2) is 0 Å². The first-order valence-corrected chi connectivity index (χ1v) is 10.8. The Labute approximate surface area is 170 Å². The molecule has 7 heteroatoms. The molecular weight excluding hydrogens is 368 g/mol. The van der Waals surface area contributed by atoms with Gasteiger partial charge in [-0.1, -0.05) is 12.1 Å². The average Bonchev–Trinajstić information content (AvgIpc) is 3.51. The zero-order valence-corrected chi connectivity index (χ0v) is 16.7. The van der Waals surface area contributed by atoms with Crippen molar-refractivity contribution in [3.05, 3.63) is 34.9 Å². The molecule has 3 fully saturated rings. The summed E-state index contributed by atoms with van der Waals surface area (Å²) in [4.78, 5) is 41.1. The molecule has 7 nitrogen and oxygen atoms in total. The number of imide groups is 1. The third-order valence-corrected chi connectivity index (χ3v) is 6.79. The molecule has 2 N–H and O–H groups in total. The highest BCUT2D eigenvalue weighted by Crippen LogP contribution is 2.35. The van der Waals surface area contributed by atoms with E-state index in [0.717, 1.165) is 25.2 Å². The highest BCUT2D eigenvalue weighted by Gasteiger charge is 2.41. The molecule has 3 amide bonds. The zero-order valence-electron chi connectivity index (χ0n) is 16.7. The highest BCUT2D eigenvalue weighted by atomic mass is 16.2. The van der Waals surface area contributed by atoms with Crippen molar-refractivity contribution in [3.8, 4) is 0 Å². The molecule has 1 aromatic rings. The number of piperidine rings is 2. The Morgan fingerprint density at radius 2 is 1.93 bits per heavy atom. The molecule has 0 aromatic heterocycles. The Hall–Kier alpha value is -2.25. The van der Waals surface area contributed by atoms with E-state index < -0.39 is 6.04 Å². The fourth-order valence-electron chi connectivity index (χ4n) is 5.07. The van der Waals surface area contributed by atoms with E-state index in [4.69, 9.17) is 0 Å². The Morgan fingerprint density at radius 1 is 1.07 bits per heavy atom. The van der Waals surface area contributed by atoms with E-state index in [1.54, 1.807) is 4.90 Å². The van der Waals surface area contributed by atoms with Gasteiger partial charge in [-0.05, 0) is 55.8 Å². The summed E-state index contributed by atoms with van der Waals surface area (Å²) >= 11 is 0. The number of nitrogens with zero attached hydrogens (tertiary/aromatic N) is 2. The average molecular weight is 396 g/mol. The molecule has 0 spiro atoms. The topological polar surface area (TPSA) is 81.8 Å². The van der Waals surface area contributed by atoms with Crippen LogP contribution < -0.4 is 10.6 Å². The van der Waals surface area contributed by atoms with E-state index in [2.05, 4.69) is 21.6 Å². The normalized spacial score (nSPS) is 27.3. The minimum atomic E-state index is -0.553. The van der Waals surface area contributed by atoms with Crippen molar-refractivity contribution in [1.82, 2.24) is 20.4 Å². The molecule has 0 bridgehead atoms. The van der Waals surface area contributed by atoms with Crippen molar-refractivity contribution in [2.75, 3.05) is 13.1 Å². The van der Waals surface area contributed by atoms with E-state index in [0.29, 0.717) is 30.6 Å². The van der Waals surface area contributed by atoms with Crippen LogP contribution in [0, 0.1) is 0 Å². The lowest BCUT2D eigenvalue weighted by molar-refractivity contribution is -0.136. The molecule has 29 heavy (non-hydrogen) atoms. The van der Waals surface area contributed by atoms with E-state index in [1.807, 2.05) is 12.1 Å². The number of amides is 3. The lowest BCUT2D eigenvalue weighted by atomic mass is 10.00. The lowest BCUT2D eigenvalue weighted by Crippen LogP contribution is -2.52. The van der Waals surface area contributed by atoms with Crippen molar-refractivity contribution >= 4 is 17.7 Å². The summed E-state index contributed by atoms with van der Waals surface area (Å²) in [6.07, 6.45) is 5.64. The van der Waals surface area contributed by atoms with Crippen LogP contribution in [0.4, 0.5) is 0 Å². The number of hydrogen-bond donors (Lipinski definition) is 2. The van der Waals surface area contributed by atoms with E-state index >= 15 is 0 Å². The third-order valence-electron chi connectivity index (χ3n) is 6.79. The fourth-order valence-corrected chi connectivity index (χ4v) is 5.07. The number of hydrogen-bond acceptors (Lipinski definition) is 5. The minimum Gasteiger partial charge on any atom is -0.322 e. The first kappa shape index (κ1) is 18.8. The molecule has 154 valence electrons. The van der Waals surface area contributed by atoms with Crippen LogP contribution in [-0.4, -0.2) is 58.7 Å². The maximum Gasteiger partial charge on any atom is 0.255 e. The third kappa shape index (κ3) is 3.57. The van der Waals surface area contributed by atoms with Crippen LogP contribution in [-0.2, 0) is 22.7 Å². The van der Waals surface area contributed by atoms with E-state index in [-0.39, 0.29) is 24.1 Å². The Kier molecular flexibility index (Phi) is 4.87. The Balaban J connectivity index is 1.37. The first-order valence-electron chi connectivity index (χ1n) is 10.8. The number of fused-ring (bicyclic) bond motifs is 1. The molecule has 2 saturated heterocycles. The Bertz CT molecular complexity index is 844. The second-order valence-electron chi connectivity index (χ2n) is 8.75. The van der Waals surface area contributed by atoms with Gasteiger partial charge in [-0.15, -0.1) is 0 Å². The van der Waals surface area contributed by atoms with Gasteiger partial charge in [0.1, 0.15) is 6.04 Å². The molecule has 4 aliphatic rings. The summed E-state index contributed by atoms with van der Waals surface area (Å²) in [5.41, 5.74) is 2.96. The molecule has 3 heterocycles. The van der Waals surface area contributed by atoms with Gasteiger partial charge >= 0.3 is 0 Å². The van der Waals surface area contributed by atoms with Crippen LogP contribution in [0.25, 0.3) is 0 Å². The summed E-state index contributed by atoms with van der Waals surface area (Å²) in [5, 5.41) is 5.91. The number of nitrogens with one attached hydrogen (secondary N) is 2. The van der Waals surface area contributed by atoms with Crippen LogP contribution >= 0.6 is 0 Å². The summed E-state index contributed by atoms with van der Waals surface area (Å²) in [6, 6.07) is 6.61. The van der Waals surface area contributed by atoms with Crippen LogP contribution in [0.2, 0.25) is 0 Å². The lowest BCUT2D eigenvalue weighted by Gasteiger charge is -2.35. The van der Waals surface area contributed by atoms with Crippen LogP contribution in [0.15, 0.2) is 18.2 Å². The fraction of sp³-hybridized carbons (Fsp3) is 0.591. The SMILES string of the molecule is O=C1CCC(N2Cc3c(CN(C4CC4)C4CCCNC4)cccc3C2=O)C(=O)N1. The molecule has 1 saturated carbocycles. The molecule has 2 atom stereocenters. The van der Waals surface area contributed by atoms with E-state index in [1.165, 1.54) is 31.2 Å². The van der Waals surface area contributed by atoms with Gasteiger partial charge in [0.25, 0.3) is 5.91 Å². The monoisotopic (exact) mass is 396 g/mol. The quantitative estimate of drug-likeness (QED) is 0.730. The molecule has 5 rings (SSSR count). The van der Waals surface area contributed by atoms with Gasteiger partial charge in [0, 0.05) is 43.7 Å². The van der Waals surface area contributed by atoms with Crippen LogP contribution in [0.5, 0.6) is 0 Å². The van der Waals surface area contributed by atoms with Gasteiger partial charge in [0.05, 0.1) is 0 Å². The largest absolute Gasteiger partial charge is 0.322 e. The molecular formula is C22H28N4O3. The predicted octanol–water partition coefficient (Wildman–Crippen LogP) is 1.16. The molecule has 3 aliphatic heterocycles. The molecule has 0 radical (unpaired) electrons. The standard InChI is InChI=1S/C22H28N4O3/c27-20-9-8-19(21(28)24-20)26-13-18-14(3-1-5-17(18)22(26)29)12-25(15-6-7-15)16-4-2-10-23-11-16/h1,3,5,15-16,19,23H,2,4,6-13H2,(H,24,27,28). The van der Waals surface area contributed by atoms with Crippen LogP contribution in [0.3, 0.4) is 0 Å². The van der Waals surface area contributed by atoms with Gasteiger partial charge in [0.2, 0.25) is 11.8 Å². The van der Waals surface area contributed by atoms with Crippen molar-refractivity contribution < 1.29 is 14.4 Å². The van der Waals surface area contributed by atoms with Crippen molar-refractivity contribution in [1.29, 1.82) is 0 Å². The van der Waals surface area contributed by atoms with Gasteiger partial charge < -0.3 is 10.2 Å². The van der Waals surface area contributed by atoms with Crippen molar-refractivity contribution in [2.24, 2.45) is 0 Å². The van der Waals surface area contributed by atoms with E-state index in [9.17, 15) is 14.4 Å². The summed E-state index contributed by atoms with van der Waals surface area (Å²) in [6.45, 7) is 3.45. The molecule has 1 aromatic carbocycles. The van der Waals surface area contributed by atoms with Gasteiger partial charge in [-0.2, -0.15) is 0 Å². The number of carbonyl (C=O) groups excluding carboxylic acids is 3. The highest BCUT2D eigenvalue weighted by molar-refractivity contribution is 6.05. The van der Waals surface area contributed by atoms with Crippen LogP contribution in [0.1, 0.15) is 60.0 Å². The molecule has 2 unspecified atom stereocenters. The summed E-state index contributed by atoms with van der Waals surface area (Å²) in [5.74, 6) is -0.692. The first-order chi connectivity index (χ1) is 14.1. The number of rotatable bonds is 5. The van der Waals surface area contributed by atoms with Gasteiger partial charge in [-0.3, -0.25) is 24.6 Å². The molecule has 1 aliphatic carbocycles.